The predicted molar refractivity (Wildman–Crippen MR) is 135 cm³/mol. The quantitative estimate of drug-likeness (QED) is 0.310. The maximum atomic E-state index is 12.8. The minimum Gasteiger partial charge on any atom is -0.444 e. The Kier molecular flexibility index (Phi) is 6.94. The van der Waals surface area contributed by atoms with Gasteiger partial charge in [-0.25, -0.2) is 4.79 Å². The highest BCUT2D eigenvalue weighted by Gasteiger charge is 2.66. The number of amides is 1. The van der Waals surface area contributed by atoms with Crippen LogP contribution in [0.4, 0.5) is 4.79 Å². The molecule has 3 heterocycles. The zero-order chi connectivity index (χ0) is 21.8. The molecule has 182 valence electrons. The number of carbonyl (C=O) groups excluding carboxylic acids is 1. The molecule has 3 saturated heterocycles. The highest BCUT2D eigenvalue weighted by atomic mass is 127. The van der Waals surface area contributed by atoms with Crippen LogP contribution in [0.2, 0.25) is 0 Å². The molecule has 0 radical (unpaired) electrons. The molecule has 5 atom stereocenters. The lowest BCUT2D eigenvalue weighted by Gasteiger charge is -2.63. The van der Waals surface area contributed by atoms with Crippen molar-refractivity contribution >= 4 is 36.0 Å². The van der Waals surface area contributed by atoms with Crippen LogP contribution in [0.25, 0.3) is 0 Å². The molecule has 32 heavy (non-hydrogen) atoms. The van der Waals surface area contributed by atoms with E-state index >= 15 is 0 Å². The monoisotopic (exact) mass is 560 g/mol. The molecule has 0 aromatic rings. The third kappa shape index (κ3) is 4.23. The van der Waals surface area contributed by atoms with E-state index in [1.54, 1.807) is 0 Å². The predicted octanol–water partition coefficient (Wildman–Crippen LogP) is 4.05. The fraction of sp³-hybridized carbons (Fsp3) is 0.917. The summed E-state index contributed by atoms with van der Waals surface area (Å²) in [6.45, 7) is 9.60. The van der Waals surface area contributed by atoms with E-state index in [4.69, 9.17) is 14.5 Å². The van der Waals surface area contributed by atoms with Crippen LogP contribution in [0.5, 0.6) is 0 Å². The first-order valence-electron chi connectivity index (χ1n) is 12.5. The lowest BCUT2D eigenvalue weighted by molar-refractivity contribution is -0.171. The van der Waals surface area contributed by atoms with Gasteiger partial charge < -0.3 is 25.0 Å². The molecule has 0 aromatic heterocycles. The van der Waals surface area contributed by atoms with Gasteiger partial charge in [0, 0.05) is 48.7 Å². The maximum Gasteiger partial charge on any atom is 0.410 e. The Bertz CT molecular complexity index is 721. The summed E-state index contributed by atoms with van der Waals surface area (Å²) >= 11 is 0. The Morgan fingerprint density at radius 2 is 1.84 bits per heavy atom. The van der Waals surface area contributed by atoms with Crippen molar-refractivity contribution in [2.75, 3.05) is 13.2 Å². The number of fused-ring (bicyclic) bond motifs is 4. The van der Waals surface area contributed by atoms with Crippen molar-refractivity contribution in [1.82, 2.24) is 15.5 Å². The Hall–Kier alpha value is -0.770. The highest BCUT2D eigenvalue weighted by Crippen LogP contribution is 2.62. The van der Waals surface area contributed by atoms with Gasteiger partial charge in [-0.15, -0.1) is 24.0 Å². The van der Waals surface area contributed by atoms with Crippen molar-refractivity contribution in [3.63, 3.8) is 0 Å². The zero-order valence-corrected chi connectivity index (χ0v) is 22.4. The molecule has 2 N–H and O–H groups in total. The normalized spacial score (nSPS) is 37.1. The molecule has 2 aliphatic carbocycles. The van der Waals surface area contributed by atoms with Crippen LogP contribution in [0.15, 0.2) is 4.99 Å². The first-order valence-corrected chi connectivity index (χ1v) is 12.5. The van der Waals surface area contributed by atoms with Crippen LogP contribution >= 0.6 is 24.0 Å². The molecule has 8 heteroatoms. The second kappa shape index (κ2) is 9.12. The third-order valence-corrected chi connectivity index (χ3v) is 8.32. The molecule has 0 aromatic carbocycles. The van der Waals surface area contributed by atoms with Crippen molar-refractivity contribution in [3.05, 3.63) is 0 Å². The van der Waals surface area contributed by atoms with Crippen molar-refractivity contribution in [2.24, 2.45) is 16.3 Å². The number of halogens is 1. The number of nitrogens with zero attached hydrogens (tertiary/aromatic N) is 2. The van der Waals surface area contributed by atoms with Gasteiger partial charge in [0.15, 0.2) is 5.96 Å². The summed E-state index contributed by atoms with van der Waals surface area (Å²) in [5.74, 6) is 1.59. The number of hydrogen-bond acceptors (Lipinski definition) is 4. The molecule has 1 amide bonds. The van der Waals surface area contributed by atoms with E-state index in [2.05, 4.69) is 17.6 Å². The van der Waals surface area contributed by atoms with Crippen molar-refractivity contribution in [1.29, 1.82) is 0 Å². The minimum absolute atomic E-state index is 0. The summed E-state index contributed by atoms with van der Waals surface area (Å²) < 4.78 is 11.8. The summed E-state index contributed by atoms with van der Waals surface area (Å²) in [6, 6.07) is 1.37. The smallest absolute Gasteiger partial charge is 0.410 e. The summed E-state index contributed by atoms with van der Waals surface area (Å²) in [7, 11) is 0. The number of rotatable bonds is 3. The molecule has 2 bridgehead atoms. The fourth-order valence-corrected chi connectivity index (χ4v) is 7.00. The molecule has 3 aliphatic heterocycles. The second-order valence-corrected chi connectivity index (χ2v) is 11.4. The highest BCUT2D eigenvalue weighted by molar-refractivity contribution is 14.0. The van der Waals surface area contributed by atoms with E-state index in [-0.39, 0.29) is 42.2 Å². The Morgan fingerprint density at radius 3 is 2.41 bits per heavy atom. The molecular weight excluding hydrogens is 519 g/mol. The van der Waals surface area contributed by atoms with E-state index < -0.39 is 5.60 Å². The number of hydrogen-bond donors (Lipinski definition) is 2. The minimum atomic E-state index is -0.446. The molecular formula is C24H41IN4O3. The van der Waals surface area contributed by atoms with Gasteiger partial charge in [0.25, 0.3) is 0 Å². The molecule has 2 saturated carbocycles. The zero-order valence-electron chi connectivity index (χ0n) is 20.1. The van der Waals surface area contributed by atoms with E-state index in [1.807, 2.05) is 25.7 Å². The van der Waals surface area contributed by atoms with Crippen LogP contribution in [0.1, 0.15) is 79.1 Å². The van der Waals surface area contributed by atoms with Gasteiger partial charge >= 0.3 is 6.09 Å². The Morgan fingerprint density at radius 1 is 1.16 bits per heavy atom. The van der Waals surface area contributed by atoms with Crippen LogP contribution < -0.4 is 10.6 Å². The van der Waals surface area contributed by atoms with Crippen LogP contribution in [0.3, 0.4) is 0 Å². The number of piperidine rings is 1. The van der Waals surface area contributed by atoms with Gasteiger partial charge in [-0.1, -0.05) is 6.42 Å². The van der Waals surface area contributed by atoms with Gasteiger partial charge in [0.1, 0.15) is 5.60 Å². The summed E-state index contributed by atoms with van der Waals surface area (Å²) in [6.07, 6.45) is 9.45. The number of aliphatic imine (C=N–C) groups is 1. The fourth-order valence-electron chi connectivity index (χ4n) is 7.00. The lowest BCUT2D eigenvalue weighted by Crippen LogP contribution is -2.73. The SMILES string of the molecule is CCN=C(NC1CC2CCC(C1)N2C(=O)OC(C)(C)C)NC1C2CCOC2C12CCC2.I. The Labute approximate surface area is 209 Å². The molecule has 5 aliphatic rings. The molecule has 7 nitrogen and oxygen atoms in total. The van der Waals surface area contributed by atoms with E-state index in [1.165, 1.54) is 25.7 Å². The topological polar surface area (TPSA) is 75.2 Å². The number of carbonyl (C=O) groups is 1. The largest absolute Gasteiger partial charge is 0.444 e. The first-order chi connectivity index (χ1) is 14.8. The standard InChI is InChI=1S/C24H40N4O3.HI/c1-5-25-21(27-19-18-9-12-30-20(18)24(19)10-6-11-24)26-15-13-16-7-8-17(14-15)28(16)22(29)31-23(2,3)4;/h15-20H,5-14H2,1-4H3,(H2,25,26,27);1H. The van der Waals surface area contributed by atoms with Crippen molar-refractivity contribution in [3.8, 4) is 0 Å². The summed E-state index contributed by atoms with van der Waals surface area (Å²) in [5.41, 5.74) is -0.102. The van der Waals surface area contributed by atoms with E-state index in [9.17, 15) is 4.79 Å². The molecule has 5 unspecified atom stereocenters. The van der Waals surface area contributed by atoms with Crippen molar-refractivity contribution in [2.45, 2.75) is 115 Å². The van der Waals surface area contributed by atoms with Crippen LogP contribution in [0, 0.1) is 11.3 Å². The van der Waals surface area contributed by atoms with E-state index in [0.717, 1.165) is 44.8 Å². The number of guanidine groups is 1. The number of nitrogens with one attached hydrogen (secondary N) is 2. The molecule has 5 fully saturated rings. The van der Waals surface area contributed by atoms with Gasteiger partial charge in [-0.2, -0.15) is 0 Å². The number of ether oxygens (including phenoxy) is 2. The third-order valence-electron chi connectivity index (χ3n) is 8.32. The van der Waals surface area contributed by atoms with Crippen LogP contribution in [-0.4, -0.2) is 66.0 Å². The van der Waals surface area contributed by atoms with Gasteiger partial charge in [0.05, 0.1) is 6.10 Å². The average molecular weight is 561 g/mol. The van der Waals surface area contributed by atoms with Gasteiger partial charge in [-0.05, 0) is 72.6 Å². The van der Waals surface area contributed by atoms with Gasteiger partial charge in [-0.3, -0.25) is 4.99 Å². The summed E-state index contributed by atoms with van der Waals surface area (Å²) in [4.78, 5) is 19.6. The van der Waals surface area contributed by atoms with E-state index in [0.29, 0.717) is 29.5 Å². The van der Waals surface area contributed by atoms with Crippen molar-refractivity contribution < 1.29 is 14.3 Å². The van der Waals surface area contributed by atoms with Gasteiger partial charge in [0.2, 0.25) is 0 Å². The second-order valence-electron chi connectivity index (χ2n) is 11.4. The van der Waals surface area contributed by atoms with Crippen LogP contribution in [-0.2, 0) is 9.47 Å². The Balaban J connectivity index is 0.00000245. The summed E-state index contributed by atoms with van der Waals surface area (Å²) in [5, 5.41) is 7.58. The maximum absolute atomic E-state index is 12.8. The first kappa shape index (κ1) is 24.4. The lowest BCUT2D eigenvalue weighted by atomic mass is 9.46. The molecule has 1 spiro atoms. The average Bonchev–Trinajstić information content (AvgIpc) is 3.17. The molecule has 5 rings (SSSR count).